The largest absolute Gasteiger partial charge is 0.476 e. The normalized spacial score (nSPS) is 13.9. The fraction of sp³-hybridized carbons (Fsp3) is 0.250. The van der Waals surface area contributed by atoms with Crippen LogP contribution in [0.4, 0.5) is 5.69 Å². The van der Waals surface area contributed by atoms with Crippen LogP contribution in [0, 0.1) is 0 Å². The van der Waals surface area contributed by atoms with Crippen molar-refractivity contribution in [1.82, 2.24) is 10.0 Å². The van der Waals surface area contributed by atoms with Crippen molar-refractivity contribution < 1.29 is 27.5 Å². The summed E-state index contributed by atoms with van der Waals surface area (Å²) in [6.45, 7) is 8.68. The molecule has 0 saturated heterocycles. The Hall–Kier alpha value is -4.18. The number of benzene rings is 3. The number of hydrogen-bond acceptors (Lipinski definition) is 7. The number of carbonyl (C=O) groups excluding carboxylic acids is 3. The molecule has 3 N–H and O–H groups in total. The third-order valence-electron chi connectivity index (χ3n) is 6.06. The molecule has 0 aromatic heterocycles. The molecule has 1 aliphatic rings. The zero-order valence-electron chi connectivity index (χ0n) is 21.5. The number of hydrogen-bond donors (Lipinski definition) is 3. The predicted molar refractivity (Wildman–Crippen MR) is 143 cm³/mol. The lowest BCUT2D eigenvalue weighted by Gasteiger charge is -2.21. The van der Waals surface area contributed by atoms with Crippen LogP contribution >= 0.6 is 0 Å². The van der Waals surface area contributed by atoms with Crippen molar-refractivity contribution >= 4 is 33.4 Å². The van der Waals surface area contributed by atoms with Gasteiger partial charge in [0, 0.05) is 17.8 Å². The number of sulfonamides is 1. The van der Waals surface area contributed by atoms with Gasteiger partial charge in [0.15, 0.2) is 0 Å². The van der Waals surface area contributed by atoms with Gasteiger partial charge in [-0.2, -0.15) is 0 Å². The van der Waals surface area contributed by atoms with E-state index < -0.39 is 33.8 Å². The molecule has 3 amide bonds. The highest BCUT2D eigenvalue weighted by Crippen LogP contribution is 2.28. The minimum absolute atomic E-state index is 0.0622. The Kier molecular flexibility index (Phi) is 7.28. The number of rotatable bonds is 8. The first-order chi connectivity index (χ1) is 17.9. The van der Waals surface area contributed by atoms with E-state index in [1.54, 1.807) is 36.4 Å². The average molecular weight is 536 g/mol. The van der Waals surface area contributed by atoms with Gasteiger partial charge in [0.25, 0.3) is 27.7 Å². The van der Waals surface area contributed by atoms with Crippen LogP contribution in [-0.2, 0) is 20.2 Å². The van der Waals surface area contributed by atoms with Crippen LogP contribution in [0.15, 0.2) is 71.6 Å². The highest BCUT2D eigenvalue weighted by atomic mass is 32.2. The third kappa shape index (κ3) is 5.70. The first-order valence-corrected chi connectivity index (χ1v) is 13.5. The summed E-state index contributed by atoms with van der Waals surface area (Å²) in [5, 5.41) is 5.35. The summed E-state index contributed by atoms with van der Waals surface area (Å²) >= 11 is 0. The van der Waals surface area contributed by atoms with Crippen molar-refractivity contribution in [3.63, 3.8) is 0 Å². The molecule has 4 rings (SSSR count). The van der Waals surface area contributed by atoms with Gasteiger partial charge in [0.1, 0.15) is 5.75 Å². The molecule has 0 aliphatic carbocycles. The lowest BCUT2D eigenvalue weighted by atomic mass is 9.87. The molecular formula is C28H29N3O6S. The molecule has 1 aliphatic heterocycles. The maximum absolute atomic E-state index is 13.4. The van der Waals surface area contributed by atoms with Crippen molar-refractivity contribution in [2.45, 2.75) is 44.1 Å². The molecule has 0 fully saturated rings. The minimum Gasteiger partial charge on any atom is -0.476 e. The van der Waals surface area contributed by atoms with Gasteiger partial charge in [-0.25, -0.2) is 13.1 Å². The number of ether oxygens (including phenoxy) is 1. The second kappa shape index (κ2) is 10.3. The van der Waals surface area contributed by atoms with Gasteiger partial charge >= 0.3 is 0 Å². The van der Waals surface area contributed by atoms with Gasteiger partial charge in [-0.3, -0.25) is 19.7 Å². The van der Waals surface area contributed by atoms with Crippen LogP contribution in [-0.4, -0.2) is 32.7 Å². The lowest BCUT2D eigenvalue weighted by Crippen LogP contribution is -2.37. The van der Waals surface area contributed by atoms with Gasteiger partial charge in [0.05, 0.1) is 16.0 Å². The first kappa shape index (κ1) is 26.9. The highest BCUT2D eigenvalue weighted by Gasteiger charge is 2.31. The van der Waals surface area contributed by atoms with Crippen LogP contribution in [0.1, 0.15) is 65.6 Å². The molecule has 0 radical (unpaired) electrons. The Bertz CT molecular complexity index is 1490. The Labute approximate surface area is 221 Å². The molecule has 198 valence electrons. The van der Waals surface area contributed by atoms with Crippen LogP contribution in [0.3, 0.4) is 0 Å². The molecule has 3 aromatic rings. The van der Waals surface area contributed by atoms with E-state index in [0.29, 0.717) is 12.1 Å². The summed E-state index contributed by atoms with van der Waals surface area (Å²) in [6, 6.07) is 17.3. The fourth-order valence-electron chi connectivity index (χ4n) is 3.99. The van der Waals surface area contributed by atoms with Gasteiger partial charge in [-0.15, -0.1) is 0 Å². The molecule has 1 atom stereocenters. The van der Waals surface area contributed by atoms with E-state index in [0.717, 1.165) is 11.3 Å². The summed E-state index contributed by atoms with van der Waals surface area (Å²) in [5.41, 5.74) is 2.29. The molecule has 3 aromatic carbocycles. The van der Waals surface area contributed by atoms with Crippen molar-refractivity contribution in [1.29, 1.82) is 0 Å². The number of imide groups is 1. The molecule has 0 saturated carbocycles. The summed E-state index contributed by atoms with van der Waals surface area (Å²) in [6.07, 6.45) is -1.37. The zero-order valence-corrected chi connectivity index (χ0v) is 22.3. The predicted octanol–water partition coefficient (Wildman–Crippen LogP) is 3.92. The SMILES string of the molecule is CCNc1ccc(C(Oc2ccc3c(c2)C(=O)NC3=O)C(=O)NS(=O)(=O)c2ccc(C(C)(C)C)cc2)cc1. The summed E-state index contributed by atoms with van der Waals surface area (Å²) in [7, 11) is -4.21. The van der Waals surface area contributed by atoms with Gasteiger partial charge in [-0.1, -0.05) is 45.0 Å². The molecule has 38 heavy (non-hydrogen) atoms. The van der Waals surface area contributed by atoms with Crippen LogP contribution < -0.4 is 20.1 Å². The average Bonchev–Trinajstić information content (AvgIpc) is 3.15. The molecule has 1 unspecified atom stereocenters. The van der Waals surface area contributed by atoms with Crippen LogP contribution in [0.5, 0.6) is 5.75 Å². The van der Waals surface area contributed by atoms with Gasteiger partial charge in [0.2, 0.25) is 6.10 Å². The fourth-order valence-corrected chi connectivity index (χ4v) is 4.97. The standard InChI is InChI=1S/C28H29N3O6S/c1-5-29-19-10-6-17(7-11-19)24(37-20-12-15-22-23(16-20)26(33)30-25(22)32)27(34)31-38(35,36)21-13-8-18(9-14-21)28(2,3)4/h6-16,24,29H,5H2,1-4H3,(H,31,34)(H,30,32,33). The molecule has 9 nitrogen and oxygen atoms in total. The Morgan fingerprint density at radius 1 is 0.921 bits per heavy atom. The van der Waals surface area contributed by atoms with Crippen LogP contribution in [0.25, 0.3) is 0 Å². The maximum atomic E-state index is 13.4. The van der Waals surface area contributed by atoms with Crippen molar-refractivity contribution in [3.05, 3.63) is 89.0 Å². The zero-order chi connectivity index (χ0) is 27.7. The number of carbonyl (C=O) groups is 3. The minimum atomic E-state index is -4.21. The Balaban J connectivity index is 1.64. The summed E-state index contributed by atoms with van der Waals surface area (Å²) in [4.78, 5) is 37.3. The second-order valence-corrected chi connectivity index (χ2v) is 11.6. The van der Waals surface area contributed by atoms with E-state index in [1.807, 2.05) is 27.7 Å². The number of nitrogens with one attached hydrogen (secondary N) is 3. The lowest BCUT2D eigenvalue weighted by molar-refractivity contribution is -0.126. The topological polar surface area (TPSA) is 131 Å². The van der Waals surface area contributed by atoms with E-state index in [1.165, 1.54) is 30.3 Å². The van der Waals surface area contributed by atoms with E-state index in [9.17, 15) is 22.8 Å². The highest BCUT2D eigenvalue weighted by molar-refractivity contribution is 7.90. The van der Waals surface area contributed by atoms with Gasteiger partial charge < -0.3 is 10.1 Å². The monoisotopic (exact) mass is 535 g/mol. The van der Waals surface area contributed by atoms with E-state index in [2.05, 4.69) is 15.4 Å². The van der Waals surface area contributed by atoms with Crippen LogP contribution in [0.2, 0.25) is 0 Å². The number of anilines is 1. The Morgan fingerprint density at radius 3 is 2.16 bits per heavy atom. The molecule has 0 spiro atoms. The smallest absolute Gasteiger partial charge is 0.279 e. The maximum Gasteiger partial charge on any atom is 0.279 e. The summed E-state index contributed by atoms with van der Waals surface area (Å²) in [5.74, 6) is -1.89. The second-order valence-electron chi connectivity index (χ2n) is 9.88. The van der Waals surface area contributed by atoms with E-state index in [4.69, 9.17) is 4.74 Å². The number of amides is 3. The molecule has 1 heterocycles. The Morgan fingerprint density at radius 2 is 1.55 bits per heavy atom. The molecular weight excluding hydrogens is 506 g/mol. The number of fused-ring (bicyclic) bond motifs is 1. The quantitative estimate of drug-likeness (QED) is 0.373. The van der Waals surface area contributed by atoms with Crippen molar-refractivity contribution in [2.24, 2.45) is 0 Å². The third-order valence-corrected chi connectivity index (χ3v) is 7.42. The molecule has 0 bridgehead atoms. The molecule has 10 heteroatoms. The van der Waals surface area contributed by atoms with Crippen molar-refractivity contribution in [3.8, 4) is 5.75 Å². The van der Waals surface area contributed by atoms with E-state index >= 15 is 0 Å². The van der Waals surface area contributed by atoms with E-state index in [-0.39, 0.29) is 27.2 Å². The van der Waals surface area contributed by atoms with Crippen molar-refractivity contribution in [2.75, 3.05) is 11.9 Å². The first-order valence-electron chi connectivity index (χ1n) is 12.1. The van der Waals surface area contributed by atoms with Gasteiger partial charge in [-0.05, 0) is 60.4 Å². The summed E-state index contributed by atoms with van der Waals surface area (Å²) < 4.78 is 34.2.